The third-order valence-electron chi connectivity index (χ3n) is 3.40. The zero-order chi connectivity index (χ0) is 11.8. The van der Waals surface area contributed by atoms with Crippen LogP contribution in [0.5, 0.6) is 0 Å². The molecule has 0 aromatic carbocycles. The predicted molar refractivity (Wildman–Crippen MR) is 66.5 cm³/mol. The van der Waals surface area contributed by atoms with Gasteiger partial charge in [0, 0.05) is 25.1 Å². The molecule has 0 aliphatic carbocycles. The summed E-state index contributed by atoms with van der Waals surface area (Å²) in [6, 6.07) is 0.576. The van der Waals surface area contributed by atoms with Crippen LogP contribution >= 0.6 is 0 Å². The van der Waals surface area contributed by atoms with Crippen LogP contribution in [0.15, 0.2) is 0 Å². The Morgan fingerprint density at radius 3 is 2.50 bits per heavy atom. The molecule has 16 heavy (non-hydrogen) atoms. The SMILES string of the molecule is CCCC(CCC)NCC(O)C1CCOC1. The lowest BCUT2D eigenvalue weighted by Crippen LogP contribution is -2.39. The van der Waals surface area contributed by atoms with Gasteiger partial charge < -0.3 is 15.2 Å². The van der Waals surface area contributed by atoms with Crippen molar-refractivity contribution in [1.82, 2.24) is 5.32 Å². The Kier molecular flexibility index (Phi) is 7.01. The lowest BCUT2D eigenvalue weighted by molar-refractivity contribution is 0.0877. The average molecular weight is 229 g/mol. The van der Waals surface area contributed by atoms with Crippen LogP contribution in [0.1, 0.15) is 46.0 Å². The maximum atomic E-state index is 9.99. The van der Waals surface area contributed by atoms with Gasteiger partial charge >= 0.3 is 0 Å². The molecule has 2 atom stereocenters. The molecule has 0 saturated carbocycles. The van der Waals surface area contributed by atoms with Crippen molar-refractivity contribution in [3.8, 4) is 0 Å². The van der Waals surface area contributed by atoms with Crippen molar-refractivity contribution in [3.05, 3.63) is 0 Å². The Balaban J connectivity index is 2.18. The summed E-state index contributed by atoms with van der Waals surface area (Å²) in [5.41, 5.74) is 0. The van der Waals surface area contributed by atoms with Crippen LogP contribution in [-0.2, 0) is 4.74 Å². The summed E-state index contributed by atoms with van der Waals surface area (Å²) in [6.07, 6.45) is 5.61. The molecular weight excluding hydrogens is 202 g/mol. The van der Waals surface area contributed by atoms with Gasteiger partial charge in [-0.25, -0.2) is 0 Å². The minimum Gasteiger partial charge on any atom is -0.391 e. The first-order valence-electron chi connectivity index (χ1n) is 6.77. The zero-order valence-electron chi connectivity index (χ0n) is 10.7. The molecule has 1 heterocycles. The van der Waals surface area contributed by atoms with Gasteiger partial charge in [-0.3, -0.25) is 0 Å². The van der Waals surface area contributed by atoms with E-state index in [1.165, 1.54) is 25.7 Å². The zero-order valence-corrected chi connectivity index (χ0v) is 10.7. The summed E-state index contributed by atoms with van der Waals surface area (Å²) in [4.78, 5) is 0. The Hall–Kier alpha value is -0.120. The van der Waals surface area contributed by atoms with Gasteiger partial charge in [-0.2, -0.15) is 0 Å². The first-order valence-corrected chi connectivity index (χ1v) is 6.77. The predicted octanol–water partition coefficient (Wildman–Crippen LogP) is 1.94. The van der Waals surface area contributed by atoms with Crippen LogP contribution < -0.4 is 5.32 Å². The van der Waals surface area contributed by atoms with Gasteiger partial charge in [0.05, 0.1) is 12.7 Å². The molecule has 0 bridgehead atoms. The van der Waals surface area contributed by atoms with E-state index in [9.17, 15) is 5.11 Å². The maximum absolute atomic E-state index is 9.99. The first-order chi connectivity index (χ1) is 7.77. The molecule has 3 heteroatoms. The number of aliphatic hydroxyl groups excluding tert-OH is 1. The maximum Gasteiger partial charge on any atom is 0.0715 e. The molecule has 1 saturated heterocycles. The highest BCUT2D eigenvalue weighted by Gasteiger charge is 2.24. The molecule has 96 valence electrons. The molecule has 0 aromatic rings. The van der Waals surface area contributed by atoms with Gasteiger partial charge in [0.1, 0.15) is 0 Å². The van der Waals surface area contributed by atoms with Crippen molar-refractivity contribution < 1.29 is 9.84 Å². The standard InChI is InChI=1S/C13H27NO2/c1-3-5-12(6-4-2)14-9-13(15)11-7-8-16-10-11/h11-15H,3-10H2,1-2H3. The molecule has 0 spiro atoms. The Labute approximate surface area is 99.6 Å². The van der Waals surface area contributed by atoms with Gasteiger partial charge in [-0.1, -0.05) is 26.7 Å². The molecule has 1 aliphatic heterocycles. The number of hydrogen-bond acceptors (Lipinski definition) is 3. The molecule has 3 nitrogen and oxygen atoms in total. The quantitative estimate of drug-likeness (QED) is 0.668. The van der Waals surface area contributed by atoms with Crippen LogP contribution in [0, 0.1) is 5.92 Å². The van der Waals surface area contributed by atoms with Gasteiger partial charge in [0.2, 0.25) is 0 Å². The van der Waals surface area contributed by atoms with E-state index in [4.69, 9.17) is 4.74 Å². The summed E-state index contributed by atoms with van der Waals surface area (Å²) in [6.45, 7) is 6.69. The molecule has 1 fully saturated rings. The van der Waals surface area contributed by atoms with E-state index in [0.29, 0.717) is 12.0 Å². The molecule has 2 N–H and O–H groups in total. The number of rotatable bonds is 8. The molecular formula is C13H27NO2. The van der Waals surface area contributed by atoms with E-state index in [1.54, 1.807) is 0 Å². The summed E-state index contributed by atoms with van der Waals surface area (Å²) in [7, 11) is 0. The van der Waals surface area contributed by atoms with Crippen molar-refractivity contribution in [3.63, 3.8) is 0 Å². The largest absolute Gasteiger partial charge is 0.391 e. The molecule has 0 radical (unpaired) electrons. The smallest absolute Gasteiger partial charge is 0.0715 e. The molecule has 0 aromatic heterocycles. The summed E-state index contributed by atoms with van der Waals surface area (Å²) in [5.74, 6) is 0.344. The minimum atomic E-state index is -0.237. The fraction of sp³-hybridized carbons (Fsp3) is 1.00. The second kappa shape index (κ2) is 8.04. The Bertz CT molecular complexity index is 161. The van der Waals surface area contributed by atoms with Crippen LogP contribution in [0.4, 0.5) is 0 Å². The number of hydrogen-bond donors (Lipinski definition) is 2. The highest BCUT2D eigenvalue weighted by Crippen LogP contribution is 2.16. The Morgan fingerprint density at radius 2 is 2.00 bits per heavy atom. The highest BCUT2D eigenvalue weighted by molar-refractivity contribution is 4.76. The molecule has 2 unspecified atom stereocenters. The van der Waals surface area contributed by atoms with E-state index < -0.39 is 0 Å². The van der Waals surface area contributed by atoms with E-state index in [2.05, 4.69) is 19.2 Å². The average Bonchev–Trinajstić information content (AvgIpc) is 2.79. The second-order valence-corrected chi connectivity index (χ2v) is 4.87. The second-order valence-electron chi connectivity index (χ2n) is 4.87. The third-order valence-corrected chi connectivity index (χ3v) is 3.40. The van der Waals surface area contributed by atoms with Crippen molar-refractivity contribution in [2.45, 2.75) is 58.1 Å². The van der Waals surface area contributed by atoms with Gasteiger partial charge in [-0.05, 0) is 19.3 Å². The van der Waals surface area contributed by atoms with Crippen LogP contribution in [0.3, 0.4) is 0 Å². The van der Waals surface area contributed by atoms with Crippen LogP contribution in [-0.4, -0.2) is 37.0 Å². The minimum absolute atomic E-state index is 0.237. The van der Waals surface area contributed by atoms with Crippen molar-refractivity contribution >= 4 is 0 Å². The summed E-state index contributed by atoms with van der Waals surface area (Å²) in [5, 5.41) is 13.5. The monoisotopic (exact) mass is 229 g/mol. The lowest BCUT2D eigenvalue weighted by atomic mass is 10.0. The first kappa shape index (κ1) is 13.9. The fourth-order valence-corrected chi connectivity index (χ4v) is 2.36. The topological polar surface area (TPSA) is 41.5 Å². The van der Waals surface area contributed by atoms with Crippen LogP contribution in [0.2, 0.25) is 0 Å². The van der Waals surface area contributed by atoms with E-state index in [1.807, 2.05) is 0 Å². The Morgan fingerprint density at radius 1 is 1.31 bits per heavy atom. The van der Waals surface area contributed by atoms with Gasteiger partial charge in [0.25, 0.3) is 0 Å². The van der Waals surface area contributed by atoms with E-state index in [0.717, 1.165) is 26.2 Å². The highest BCUT2D eigenvalue weighted by atomic mass is 16.5. The summed E-state index contributed by atoms with van der Waals surface area (Å²) >= 11 is 0. The van der Waals surface area contributed by atoms with Gasteiger partial charge in [-0.15, -0.1) is 0 Å². The van der Waals surface area contributed by atoms with Gasteiger partial charge in [0.15, 0.2) is 0 Å². The third kappa shape index (κ3) is 4.81. The molecule has 1 aliphatic rings. The summed E-state index contributed by atoms with van der Waals surface area (Å²) < 4.78 is 5.29. The van der Waals surface area contributed by atoms with E-state index >= 15 is 0 Å². The number of ether oxygens (including phenoxy) is 1. The normalized spacial score (nSPS) is 22.9. The lowest BCUT2D eigenvalue weighted by Gasteiger charge is -2.22. The fourth-order valence-electron chi connectivity index (χ4n) is 2.36. The molecule has 1 rings (SSSR count). The number of nitrogens with one attached hydrogen (secondary N) is 1. The van der Waals surface area contributed by atoms with Crippen molar-refractivity contribution in [2.75, 3.05) is 19.8 Å². The molecule has 0 amide bonds. The van der Waals surface area contributed by atoms with E-state index in [-0.39, 0.29) is 6.10 Å². The van der Waals surface area contributed by atoms with Crippen LogP contribution in [0.25, 0.3) is 0 Å². The van der Waals surface area contributed by atoms with Crippen molar-refractivity contribution in [1.29, 1.82) is 0 Å². The van der Waals surface area contributed by atoms with Crippen molar-refractivity contribution in [2.24, 2.45) is 5.92 Å². The number of aliphatic hydroxyl groups is 1.